The molecule has 1 amide bonds. The minimum absolute atomic E-state index is 0.156. The Labute approximate surface area is 155 Å². The van der Waals surface area contributed by atoms with E-state index in [-0.39, 0.29) is 5.91 Å². The number of carbonyl (C=O) groups excluding carboxylic acids is 1. The molecule has 0 bridgehead atoms. The molecular formula is C18H17Cl2N3O2. The van der Waals surface area contributed by atoms with Crippen molar-refractivity contribution in [2.45, 2.75) is 20.0 Å². The lowest BCUT2D eigenvalue weighted by Crippen LogP contribution is -2.31. The molecule has 1 aromatic carbocycles. The van der Waals surface area contributed by atoms with Gasteiger partial charge in [0.2, 0.25) is 0 Å². The average molecular weight is 378 g/mol. The van der Waals surface area contributed by atoms with Gasteiger partial charge in [0.15, 0.2) is 5.76 Å². The molecule has 2 heterocycles. The Balaban J connectivity index is 1.76. The van der Waals surface area contributed by atoms with Gasteiger partial charge in [-0.15, -0.1) is 0 Å². The van der Waals surface area contributed by atoms with E-state index in [0.29, 0.717) is 35.4 Å². The number of hydrogen-bond acceptors (Lipinski definition) is 3. The maximum absolute atomic E-state index is 12.5. The molecule has 0 aliphatic carbocycles. The quantitative estimate of drug-likeness (QED) is 0.635. The van der Waals surface area contributed by atoms with Crippen LogP contribution in [0.3, 0.4) is 0 Å². The molecule has 0 atom stereocenters. The van der Waals surface area contributed by atoms with Crippen LogP contribution in [0.4, 0.5) is 0 Å². The Hall–Kier alpha value is -2.24. The summed E-state index contributed by atoms with van der Waals surface area (Å²) < 4.78 is 7.19. The van der Waals surface area contributed by atoms with Crippen LogP contribution in [0, 0.1) is 0 Å². The molecule has 3 aromatic rings. The molecule has 0 fully saturated rings. The second-order valence-electron chi connectivity index (χ2n) is 5.52. The third kappa shape index (κ3) is 4.06. The van der Waals surface area contributed by atoms with Gasteiger partial charge in [0.25, 0.3) is 5.91 Å². The molecule has 0 aliphatic heterocycles. The van der Waals surface area contributed by atoms with Gasteiger partial charge in [0, 0.05) is 25.5 Å². The molecular weight excluding hydrogens is 361 g/mol. The molecule has 2 aromatic heterocycles. The predicted octanol–water partition coefficient (Wildman–Crippen LogP) is 4.49. The number of amides is 1. The number of rotatable bonds is 6. The molecule has 3 rings (SSSR count). The average Bonchev–Trinajstić information content (AvgIpc) is 3.27. The van der Waals surface area contributed by atoms with Gasteiger partial charge in [-0.3, -0.25) is 4.79 Å². The van der Waals surface area contributed by atoms with Crippen LogP contribution in [0.15, 0.2) is 53.4 Å². The van der Waals surface area contributed by atoms with Crippen LogP contribution in [0.2, 0.25) is 10.0 Å². The summed E-state index contributed by atoms with van der Waals surface area (Å²) in [6.45, 7) is 3.47. The number of aromatic nitrogens is 2. The normalized spacial score (nSPS) is 10.8. The highest BCUT2D eigenvalue weighted by Gasteiger charge is 2.19. The van der Waals surface area contributed by atoms with Gasteiger partial charge in [-0.2, -0.15) is 0 Å². The Morgan fingerprint density at radius 2 is 2.12 bits per heavy atom. The fourth-order valence-electron chi connectivity index (χ4n) is 2.52. The highest BCUT2D eigenvalue weighted by molar-refractivity contribution is 6.42. The third-order valence-corrected chi connectivity index (χ3v) is 4.61. The van der Waals surface area contributed by atoms with E-state index in [2.05, 4.69) is 4.98 Å². The molecule has 0 spiro atoms. The van der Waals surface area contributed by atoms with Crippen molar-refractivity contribution in [2.24, 2.45) is 0 Å². The van der Waals surface area contributed by atoms with Gasteiger partial charge >= 0.3 is 0 Å². The van der Waals surface area contributed by atoms with Crippen LogP contribution >= 0.6 is 23.2 Å². The van der Waals surface area contributed by atoms with Crippen LogP contribution in [0.25, 0.3) is 0 Å². The van der Waals surface area contributed by atoms with Gasteiger partial charge in [-0.05, 0) is 36.8 Å². The minimum Gasteiger partial charge on any atom is -0.459 e. The fourth-order valence-corrected chi connectivity index (χ4v) is 2.85. The zero-order valence-electron chi connectivity index (χ0n) is 13.7. The van der Waals surface area contributed by atoms with Crippen molar-refractivity contribution >= 4 is 29.1 Å². The monoisotopic (exact) mass is 377 g/mol. The van der Waals surface area contributed by atoms with E-state index in [4.69, 9.17) is 27.6 Å². The Morgan fingerprint density at radius 3 is 2.80 bits per heavy atom. The maximum Gasteiger partial charge on any atom is 0.289 e. The Bertz CT molecular complexity index is 859. The van der Waals surface area contributed by atoms with E-state index < -0.39 is 0 Å². The summed E-state index contributed by atoms with van der Waals surface area (Å²) in [4.78, 5) is 18.5. The topological polar surface area (TPSA) is 51.3 Å². The molecule has 0 radical (unpaired) electrons. The number of halogens is 2. The summed E-state index contributed by atoms with van der Waals surface area (Å²) in [5.74, 6) is 0.953. The minimum atomic E-state index is -0.156. The molecule has 0 saturated heterocycles. The van der Waals surface area contributed by atoms with E-state index in [1.807, 2.05) is 29.8 Å². The number of imidazole rings is 1. The number of benzene rings is 1. The van der Waals surface area contributed by atoms with E-state index >= 15 is 0 Å². The van der Waals surface area contributed by atoms with E-state index in [1.54, 1.807) is 29.3 Å². The zero-order chi connectivity index (χ0) is 17.8. The zero-order valence-corrected chi connectivity index (χ0v) is 15.2. The SMILES string of the molecule is CCN(Cc1nccn1Cc1ccc(Cl)c(Cl)c1)C(=O)c1ccco1. The van der Waals surface area contributed by atoms with Crippen LogP contribution in [-0.2, 0) is 13.1 Å². The summed E-state index contributed by atoms with van der Waals surface area (Å²) in [5, 5.41) is 1.04. The Kier molecular flexibility index (Phi) is 5.46. The van der Waals surface area contributed by atoms with Crippen molar-refractivity contribution in [1.29, 1.82) is 0 Å². The molecule has 25 heavy (non-hydrogen) atoms. The molecule has 0 unspecified atom stereocenters. The molecule has 0 N–H and O–H groups in total. The lowest BCUT2D eigenvalue weighted by atomic mass is 10.2. The van der Waals surface area contributed by atoms with Gasteiger partial charge in [-0.25, -0.2) is 4.98 Å². The van der Waals surface area contributed by atoms with Crippen LogP contribution < -0.4 is 0 Å². The number of nitrogens with zero attached hydrogens (tertiary/aromatic N) is 3. The van der Waals surface area contributed by atoms with Crippen molar-refractivity contribution < 1.29 is 9.21 Å². The van der Waals surface area contributed by atoms with Gasteiger partial charge in [-0.1, -0.05) is 29.3 Å². The maximum atomic E-state index is 12.5. The van der Waals surface area contributed by atoms with Gasteiger partial charge in [0.05, 0.1) is 22.9 Å². The van der Waals surface area contributed by atoms with Crippen LogP contribution in [-0.4, -0.2) is 26.9 Å². The van der Waals surface area contributed by atoms with Crippen LogP contribution in [0.1, 0.15) is 28.9 Å². The molecule has 0 aliphatic rings. The lowest BCUT2D eigenvalue weighted by molar-refractivity contribution is 0.0714. The predicted molar refractivity (Wildman–Crippen MR) is 96.9 cm³/mol. The molecule has 7 heteroatoms. The number of furan rings is 1. The van der Waals surface area contributed by atoms with Crippen molar-refractivity contribution in [3.63, 3.8) is 0 Å². The Morgan fingerprint density at radius 1 is 1.28 bits per heavy atom. The molecule has 0 saturated carbocycles. The van der Waals surface area contributed by atoms with Crippen molar-refractivity contribution in [1.82, 2.24) is 14.5 Å². The van der Waals surface area contributed by atoms with E-state index in [0.717, 1.165) is 11.4 Å². The highest BCUT2D eigenvalue weighted by atomic mass is 35.5. The third-order valence-electron chi connectivity index (χ3n) is 3.87. The second kappa shape index (κ2) is 7.76. The first kappa shape index (κ1) is 17.6. The summed E-state index contributed by atoms with van der Waals surface area (Å²) in [6, 6.07) is 8.89. The van der Waals surface area contributed by atoms with Gasteiger partial charge in [0.1, 0.15) is 5.82 Å². The van der Waals surface area contributed by atoms with E-state index in [1.165, 1.54) is 6.26 Å². The van der Waals surface area contributed by atoms with E-state index in [9.17, 15) is 4.79 Å². The number of hydrogen-bond donors (Lipinski definition) is 0. The van der Waals surface area contributed by atoms with Gasteiger partial charge < -0.3 is 13.9 Å². The standard InChI is InChI=1S/C18H17Cl2N3O2/c1-2-22(18(24)16-4-3-9-25-16)12-17-21-7-8-23(17)11-13-5-6-14(19)15(20)10-13/h3-10H,2,11-12H2,1H3. The lowest BCUT2D eigenvalue weighted by Gasteiger charge is -2.20. The number of carbonyl (C=O) groups is 1. The second-order valence-corrected chi connectivity index (χ2v) is 6.33. The van der Waals surface area contributed by atoms with Crippen LogP contribution in [0.5, 0.6) is 0 Å². The van der Waals surface area contributed by atoms with Crippen molar-refractivity contribution in [2.75, 3.05) is 6.54 Å². The first-order valence-corrected chi connectivity index (χ1v) is 8.60. The van der Waals surface area contributed by atoms with Crippen molar-refractivity contribution in [3.05, 3.63) is 76.2 Å². The summed E-state index contributed by atoms with van der Waals surface area (Å²) >= 11 is 12.0. The fraction of sp³-hybridized carbons (Fsp3) is 0.222. The smallest absolute Gasteiger partial charge is 0.289 e. The molecule has 5 nitrogen and oxygen atoms in total. The summed E-state index contributed by atoms with van der Waals surface area (Å²) in [7, 11) is 0. The first-order chi connectivity index (χ1) is 12.1. The largest absolute Gasteiger partial charge is 0.459 e. The highest BCUT2D eigenvalue weighted by Crippen LogP contribution is 2.23. The molecule has 130 valence electrons. The first-order valence-electron chi connectivity index (χ1n) is 7.85. The summed E-state index contributed by atoms with van der Waals surface area (Å²) in [5.41, 5.74) is 1.01. The van der Waals surface area contributed by atoms with Crippen molar-refractivity contribution in [3.8, 4) is 0 Å². The summed E-state index contributed by atoms with van der Waals surface area (Å²) in [6.07, 6.45) is 5.09.